The van der Waals surface area contributed by atoms with E-state index >= 15 is 0 Å². The van der Waals surface area contributed by atoms with Crippen molar-refractivity contribution < 1.29 is 42.0 Å². The van der Waals surface area contributed by atoms with Crippen LogP contribution in [0.2, 0.25) is 0 Å². The van der Waals surface area contributed by atoms with Crippen molar-refractivity contribution in [3.63, 3.8) is 0 Å². The van der Waals surface area contributed by atoms with Crippen molar-refractivity contribution in [2.75, 3.05) is 31.6 Å². The van der Waals surface area contributed by atoms with E-state index in [4.69, 9.17) is 0 Å². The monoisotopic (exact) mass is 361 g/mol. The second-order valence-corrected chi connectivity index (χ2v) is 7.35. The Kier molecular flexibility index (Phi) is 4.65. The molecule has 0 spiro atoms. The maximum atomic E-state index is 11.5. The fraction of sp³-hybridized carbons (Fsp3) is 1.00. The van der Waals surface area contributed by atoms with Gasteiger partial charge in [-0.25, -0.2) is 8.42 Å². The van der Waals surface area contributed by atoms with Gasteiger partial charge in [0.2, 0.25) is 0 Å². The third kappa shape index (κ3) is 2.88. The van der Waals surface area contributed by atoms with Crippen LogP contribution in [0, 0.1) is 0 Å². The van der Waals surface area contributed by atoms with Gasteiger partial charge in [-0.15, -0.1) is 0 Å². The van der Waals surface area contributed by atoms with Gasteiger partial charge in [-0.3, -0.25) is 0 Å². The number of rotatable bonds is 1. The van der Waals surface area contributed by atoms with Crippen molar-refractivity contribution >= 4 is 9.84 Å². The molecule has 2 aliphatic rings. The zero-order valence-corrected chi connectivity index (χ0v) is 12.6. The van der Waals surface area contributed by atoms with Crippen LogP contribution < -0.4 is 24.0 Å². The van der Waals surface area contributed by atoms with E-state index in [9.17, 15) is 13.5 Å². The summed E-state index contributed by atoms with van der Waals surface area (Å²) in [6, 6.07) is -0.0877. The Balaban J connectivity index is 0.00000128. The molecule has 1 N–H and O–H groups in total. The van der Waals surface area contributed by atoms with Crippen molar-refractivity contribution in [3.05, 3.63) is 0 Å². The highest BCUT2D eigenvalue weighted by atomic mass is 127. The molecular formula is C10H20INO3S. The van der Waals surface area contributed by atoms with Crippen LogP contribution in [-0.4, -0.2) is 61.8 Å². The lowest BCUT2D eigenvalue weighted by Gasteiger charge is -2.43. The summed E-state index contributed by atoms with van der Waals surface area (Å²) in [6.07, 6.45) is 2.89. The van der Waals surface area contributed by atoms with Crippen LogP contribution in [0.3, 0.4) is 0 Å². The fourth-order valence-electron chi connectivity index (χ4n) is 2.97. The van der Waals surface area contributed by atoms with Crippen molar-refractivity contribution in [2.24, 2.45) is 0 Å². The highest BCUT2D eigenvalue weighted by molar-refractivity contribution is 7.91. The molecule has 2 aliphatic heterocycles. The fourth-order valence-corrected chi connectivity index (χ4v) is 4.95. The molecule has 4 nitrogen and oxygen atoms in total. The van der Waals surface area contributed by atoms with Gasteiger partial charge in [0, 0.05) is 0 Å². The molecule has 16 heavy (non-hydrogen) atoms. The molecule has 0 aromatic rings. The van der Waals surface area contributed by atoms with Crippen LogP contribution in [0.1, 0.15) is 19.3 Å². The zero-order chi connectivity index (χ0) is 11.1. The topological polar surface area (TPSA) is 54.4 Å². The van der Waals surface area contributed by atoms with E-state index in [0.717, 1.165) is 30.4 Å². The number of nitrogens with zero attached hydrogens (tertiary/aromatic N) is 1. The van der Waals surface area contributed by atoms with E-state index in [1.54, 1.807) is 0 Å². The Morgan fingerprint density at radius 3 is 2.12 bits per heavy atom. The molecule has 0 amide bonds. The minimum atomic E-state index is -3.00. The van der Waals surface area contributed by atoms with Crippen molar-refractivity contribution in [3.8, 4) is 0 Å². The molecule has 2 heterocycles. The summed E-state index contributed by atoms with van der Waals surface area (Å²) in [5, 5.41) is 9.85. The summed E-state index contributed by atoms with van der Waals surface area (Å²) >= 11 is 0. The van der Waals surface area contributed by atoms with Crippen LogP contribution in [0.25, 0.3) is 0 Å². The predicted octanol–water partition coefficient (Wildman–Crippen LogP) is -3.22. The van der Waals surface area contributed by atoms with Crippen LogP contribution >= 0.6 is 0 Å². The first-order valence-electron chi connectivity index (χ1n) is 5.66. The molecule has 6 heteroatoms. The number of quaternary nitrogens is 1. The maximum Gasteiger partial charge on any atom is 0.159 e. The third-order valence-corrected chi connectivity index (χ3v) is 5.63. The Hall–Kier alpha value is 0.600. The van der Waals surface area contributed by atoms with Crippen molar-refractivity contribution in [1.29, 1.82) is 0 Å². The number of hydrogen-bond acceptors (Lipinski definition) is 3. The molecule has 0 bridgehead atoms. The smallest absolute Gasteiger partial charge is 0.159 e. The van der Waals surface area contributed by atoms with Gasteiger partial charge in [0.15, 0.2) is 9.84 Å². The van der Waals surface area contributed by atoms with Crippen LogP contribution in [0.4, 0.5) is 0 Å². The van der Waals surface area contributed by atoms with E-state index in [0.29, 0.717) is 0 Å². The minimum Gasteiger partial charge on any atom is -1.00 e. The molecule has 0 aromatic carbocycles. The van der Waals surface area contributed by atoms with Crippen LogP contribution in [0.5, 0.6) is 0 Å². The van der Waals surface area contributed by atoms with Gasteiger partial charge < -0.3 is 33.6 Å². The number of likely N-dealkylation sites (tertiary alicyclic amines) is 1. The van der Waals surface area contributed by atoms with Gasteiger partial charge in [0.05, 0.1) is 25.9 Å². The van der Waals surface area contributed by atoms with Crippen LogP contribution in [-0.2, 0) is 9.84 Å². The standard InChI is InChI=1S/C10H20NO3S.HI/c1-11(5-3-2-4-6-11)9-7-15(13,14)8-10(9)12;/h9-10,12H,2-8H2,1H3;1H/q+1;/p-1. The Morgan fingerprint density at radius 1 is 1.12 bits per heavy atom. The SMILES string of the molecule is C[N+]1(C2CS(=O)(=O)CC2O)CCCCC1.[I-]. The first-order valence-corrected chi connectivity index (χ1v) is 7.48. The normalized spacial score (nSPS) is 36.6. The maximum absolute atomic E-state index is 11.5. The first-order chi connectivity index (χ1) is 6.93. The molecule has 0 saturated carbocycles. The second-order valence-electron chi connectivity index (χ2n) is 5.20. The summed E-state index contributed by atoms with van der Waals surface area (Å²) in [6.45, 7) is 2.02. The average Bonchev–Trinajstić information content (AvgIpc) is 2.42. The first kappa shape index (κ1) is 14.7. The van der Waals surface area contributed by atoms with Gasteiger partial charge >= 0.3 is 0 Å². The number of hydrogen-bond donors (Lipinski definition) is 1. The highest BCUT2D eigenvalue weighted by Crippen LogP contribution is 2.27. The molecule has 0 radical (unpaired) electrons. The third-order valence-electron chi connectivity index (χ3n) is 3.93. The molecule has 2 saturated heterocycles. The summed E-state index contributed by atoms with van der Waals surface area (Å²) in [5.74, 6) is 0.135. The lowest BCUT2D eigenvalue weighted by atomic mass is 10.0. The van der Waals surface area contributed by atoms with E-state index in [1.165, 1.54) is 6.42 Å². The van der Waals surface area contributed by atoms with Gasteiger partial charge in [-0.1, -0.05) is 0 Å². The largest absolute Gasteiger partial charge is 1.00 e. The molecule has 0 aromatic heterocycles. The summed E-state index contributed by atoms with van der Waals surface area (Å²) in [7, 11) is -0.907. The number of aliphatic hydroxyl groups excluding tert-OH is 1. The molecule has 2 rings (SSSR count). The van der Waals surface area contributed by atoms with Crippen molar-refractivity contribution in [1.82, 2.24) is 0 Å². The second kappa shape index (κ2) is 5.07. The Labute approximate surface area is 115 Å². The number of piperidine rings is 1. The lowest BCUT2D eigenvalue weighted by Crippen LogP contribution is -3.00. The minimum absolute atomic E-state index is 0. The van der Waals surface area contributed by atoms with Gasteiger partial charge in [-0.2, -0.15) is 0 Å². The number of likely N-dealkylation sites (N-methyl/N-ethyl adjacent to an activating group) is 1. The van der Waals surface area contributed by atoms with Gasteiger partial charge in [-0.05, 0) is 19.3 Å². The van der Waals surface area contributed by atoms with Crippen LogP contribution in [0.15, 0.2) is 0 Å². The van der Waals surface area contributed by atoms with Crippen molar-refractivity contribution in [2.45, 2.75) is 31.4 Å². The van der Waals surface area contributed by atoms with Gasteiger partial charge in [0.1, 0.15) is 17.9 Å². The van der Waals surface area contributed by atoms with E-state index in [2.05, 4.69) is 7.05 Å². The molecular weight excluding hydrogens is 341 g/mol. The molecule has 0 aliphatic carbocycles. The summed E-state index contributed by atoms with van der Waals surface area (Å²) in [4.78, 5) is 0. The summed E-state index contributed by atoms with van der Waals surface area (Å²) in [5.41, 5.74) is 0. The number of halogens is 1. The summed E-state index contributed by atoms with van der Waals surface area (Å²) < 4.78 is 23.7. The predicted molar refractivity (Wildman–Crippen MR) is 58.2 cm³/mol. The molecule has 2 atom stereocenters. The Morgan fingerprint density at radius 2 is 1.69 bits per heavy atom. The van der Waals surface area contributed by atoms with E-state index < -0.39 is 15.9 Å². The molecule has 2 fully saturated rings. The average molecular weight is 361 g/mol. The van der Waals surface area contributed by atoms with E-state index in [1.807, 2.05) is 0 Å². The number of sulfone groups is 1. The number of aliphatic hydroxyl groups is 1. The lowest BCUT2D eigenvalue weighted by molar-refractivity contribution is -0.937. The molecule has 96 valence electrons. The van der Waals surface area contributed by atoms with E-state index in [-0.39, 0.29) is 41.5 Å². The highest BCUT2D eigenvalue weighted by Gasteiger charge is 2.48. The Bertz CT molecular complexity index is 338. The van der Waals surface area contributed by atoms with Gasteiger partial charge in [0.25, 0.3) is 0 Å². The molecule has 2 unspecified atom stereocenters. The zero-order valence-electron chi connectivity index (χ0n) is 9.60. The quantitative estimate of drug-likeness (QED) is 0.395.